The molecule has 1 aliphatic rings. The third-order valence-corrected chi connectivity index (χ3v) is 4.42. The van der Waals surface area contributed by atoms with Crippen LogP contribution in [0.5, 0.6) is 0 Å². The highest BCUT2D eigenvalue weighted by Crippen LogP contribution is 2.45. The minimum atomic E-state index is 0.205. The molecule has 0 atom stereocenters. The fraction of sp³-hybridized carbons (Fsp3) is 0.562. The first-order chi connectivity index (χ1) is 8.28. The predicted octanol–water partition coefficient (Wildman–Crippen LogP) is 4.23. The number of hydrogen-bond donors (Lipinski definition) is 1. The van der Waals surface area contributed by atoms with Gasteiger partial charge in [0.05, 0.1) is 5.71 Å². The van der Waals surface area contributed by atoms with E-state index in [0.29, 0.717) is 5.71 Å². The molecule has 98 valence electrons. The summed E-state index contributed by atoms with van der Waals surface area (Å²) in [5.74, 6) is 0. The predicted molar refractivity (Wildman–Crippen MR) is 75.7 cm³/mol. The number of hydrogen-bond acceptors (Lipinski definition) is 2. The van der Waals surface area contributed by atoms with Crippen LogP contribution in [0.4, 0.5) is 0 Å². The second kappa shape index (κ2) is 4.11. The molecule has 0 aromatic heterocycles. The Morgan fingerprint density at radius 3 is 2.17 bits per heavy atom. The second-order valence-electron chi connectivity index (χ2n) is 6.71. The average Bonchev–Trinajstić information content (AvgIpc) is 2.34. The summed E-state index contributed by atoms with van der Waals surface area (Å²) in [6.45, 7) is 11.1. The van der Waals surface area contributed by atoms with Gasteiger partial charge in [-0.1, -0.05) is 45.0 Å². The lowest BCUT2D eigenvalue weighted by Gasteiger charge is -2.42. The van der Waals surface area contributed by atoms with Gasteiger partial charge in [0, 0.05) is 0 Å². The van der Waals surface area contributed by atoms with Crippen molar-refractivity contribution >= 4 is 5.71 Å². The first kappa shape index (κ1) is 13.1. The molecule has 1 aromatic carbocycles. The van der Waals surface area contributed by atoms with Crippen molar-refractivity contribution in [3.8, 4) is 0 Å². The topological polar surface area (TPSA) is 32.6 Å². The number of oxime groups is 1. The van der Waals surface area contributed by atoms with E-state index in [4.69, 9.17) is 5.21 Å². The summed E-state index contributed by atoms with van der Waals surface area (Å²) in [4.78, 5) is 0. The number of rotatable bonds is 1. The molecule has 0 saturated heterocycles. The van der Waals surface area contributed by atoms with Crippen LogP contribution in [0.2, 0.25) is 0 Å². The lowest BCUT2D eigenvalue weighted by Crippen LogP contribution is -2.34. The monoisotopic (exact) mass is 245 g/mol. The highest BCUT2D eigenvalue weighted by atomic mass is 16.4. The van der Waals surface area contributed by atoms with Crippen LogP contribution in [0, 0.1) is 0 Å². The van der Waals surface area contributed by atoms with Crippen molar-refractivity contribution in [1.29, 1.82) is 0 Å². The van der Waals surface area contributed by atoms with Crippen LogP contribution >= 0.6 is 0 Å². The summed E-state index contributed by atoms with van der Waals surface area (Å²) in [6.07, 6.45) is 2.42. The van der Waals surface area contributed by atoms with Crippen molar-refractivity contribution in [2.45, 2.75) is 58.3 Å². The minimum absolute atomic E-state index is 0.205. The van der Waals surface area contributed by atoms with Crippen LogP contribution in [0.15, 0.2) is 23.4 Å². The summed E-state index contributed by atoms with van der Waals surface area (Å²) in [5, 5.41) is 12.2. The van der Waals surface area contributed by atoms with Gasteiger partial charge >= 0.3 is 0 Å². The maximum Gasteiger partial charge on any atom is 0.0837 e. The van der Waals surface area contributed by atoms with Gasteiger partial charge < -0.3 is 5.21 Å². The maximum absolute atomic E-state index is 8.91. The molecule has 1 aliphatic carbocycles. The third-order valence-electron chi connectivity index (χ3n) is 4.42. The van der Waals surface area contributed by atoms with Gasteiger partial charge in [0.25, 0.3) is 0 Å². The van der Waals surface area contributed by atoms with Gasteiger partial charge in [0.15, 0.2) is 0 Å². The quantitative estimate of drug-likeness (QED) is 0.448. The highest BCUT2D eigenvalue weighted by molar-refractivity contribution is 5.98. The molecular weight excluding hydrogens is 222 g/mol. The van der Waals surface area contributed by atoms with Crippen LogP contribution in [-0.2, 0) is 10.8 Å². The lowest BCUT2D eigenvalue weighted by atomic mass is 9.63. The molecular formula is C16H23NO. The number of benzene rings is 1. The van der Waals surface area contributed by atoms with E-state index >= 15 is 0 Å². The summed E-state index contributed by atoms with van der Waals surface area (Å²) in [7, 11) is 0. The molecule has 0 bridgehead atoms. The Labute approximate surface area is 110 Å². The van der Waals surface area contributed by atoms with Gasteiger partial charge in [-0.25, -0.2) is 0 Å². The zero-order chi connectivity index (χ0) is 13.6. The Kier molecular flexibility index (Phi) is 3.00. The van der Waals surface area contributed by atoms with E-state index in [0.717, 1.165) is 5.56 Å². The summed E-state index contributed by atoms with van der Waals surface area (Å²) in [5.41, 5.74) is 4.98. The summed E-state index contributed by atoms with van der Waals surface area (Å²) in [6, 6.07) is 6.47. The Balaban J connectivity index is 2.62. The summed E-state index contributed by atoms with van der Waals surface area (Å²) < 4.78 is 0. The van der Waals surface area contributed by atoms with Crippen molar-refractivity contribution in [3.63, 3.8) is 0 Å². The first-order valence-corrected chi connectivity index (χ1v) is 6.62. The van der Waals surface area contributed by atoms with Crippen LogP contribution in [0.3, 0.4) is 0 Å². The van der Waals surface area contributed by atoms with Crippen LogP contribution in [0.25, 0.3) is 0 Å². The van der Waals surface area contributed by atoms with E-state index in [9.17, 15) is 0 Å². The smallest absolute Gasteiger partial charge is 0.0837 e. The van der Waals surface area contributed by atoms with Crippen molar-refractivity contribution in [1.82, 2.24) is 0 Å². The van der Waals surface area contributed by atoms with Crippen LogP contribution in [-0.4, -0.2) is 10.9 Å². The van der Waals surface area contributed by atoms with E-state index in [-0.39, 0.29) is 10.8 Å². The van der Waals surface area contributed by atoms with Gasteiger partial charge in [-0.2, -0.15) is 0 Å². The van der Waals surface area contributed by atoms with E-state index < -0.39 is 0 Å². The number of fused-ring (bicyclic) bond motifs is 1. The fourth-order valence-corrected chi connectivity index (χ4v) is 2.87. The molecule has 18 heavy (non-hydrogen) atoms. The molecule has 0 unspecified atom stereocenters. The van der Waals surface area contributed by atoms with E-state index in [1.54, 1.807) is 0 Å². The molecule has 0 fully saturated rings. The fourth-order valence-electron chi connectivity index (χ4n) is 2.87. The summed E-state index contributed by atoms with van der Waals surface area (Å²) >= 11 is 0. The highest BCUT2D eigenvalue weighted by Gasteiger charge is 2.36. The van der Waals surface area contributed by atoms with Gasteiger partial charge in [0.1, 0.15) is 0 Å². The van der Waals surface area contributed by atoms with Crippen molar-refractivity contribution in [2.24, 2.45) is 5.16 Å². The van der Waals surface area contributed by atoms with Crippen molar-refractivity contribution < 1.29 is 5.21 Å². The normalized spacial score (nSPS) is 21.5. The van der Waals surface area contributed by atoms with Gasteiger partial charge in [-0.05, 0) is 53.4 Å². The van der Waals surface area contributed by atoms with Crippen LogP contribution in [0.1, 0.15) is 64.2 Å². The molecule has 1 N–H and O–H groups in total. The Morgan fingerprint density at radius 2 is 1.61 bits per heavy atom. The molecule has 2 heteroatoms. The van der Waals surface area contributed by atoms with Crippen LogP contribution < -0.4 is 0 Å². The van der Waals surface area contributed by atoms with E-state index in [1.807, 2.05) is 6.92 Å². The zero-order valence-corrected chi connectivity index (χ0v) is 12.0. The third kappa shape index (κ3) is 2.05. The largest absolute Gasteiger partial charge is 0.411 e. The standard InChI is InChI=1S/C16H23NO/c1-11(17-18)12-6-7-13-14(10-12)16(4,5)9-8-15(13,2)3/h6-7,10,18H,8-9H2,1-5H3/b17-11-. The van der Waals surface area contributed by atoms with Gasteiger partial charge in [0.2, 0.25) is 0 Å². The van der Waals surface area contributed by atoms with Crippen molar-refractivity contribution in [3.05, 3.63) is 34.9 Å². The Hall–Kier alpha value is -1.31. The number of nitrogens with zero attached hydrogens (tertiary/aromatic N) is 1. The molecule has 0 radical (unpaired) electrons. The molecule has 1 aromatic rings. The molecule has 2 rings (SSSR count). The van der Waals surface area contributed by atoms with Gasteiger partial charge in [-0.15, -0.1) is 0 Å². The molecule has 0 spiro atoms. The molecule has 0 saturated carbocycles. The SMILES string of the molecule is C/C(=N/O)c1ccc2c(c1)C(C)(C)CCC2(C)C. The minimum Gasteiger partial charge on any atom is -0.411 e. The zero-order valence-electron chi connectivity index (χ0n) is 12.0. The second-order valence-corrected chi connectivity index (χ2v) is 6.71. The maximum atomic E-state index is 8.91. The Bertz CT molecular complexity index is 498. The van der Waals surface area contributed by atoms with Gasteiger partial charge in [-0.3, -0.25) is 0 Å². The lowest BCUT2D eigenvalue weighted by molar-refractivity contribution is 0.319. The Morgan fingerprint density at radius 1 is 1.06 bits per heavy atom. The molecule has 0 amide bonds. The molecule has 2 nitrogen and oxygen atoms in total. The molecule has 0 heterocycles. The molecule has 0 aliphatic heterocycles. The van der Waals surface area contributed by atoms with E-state index in [1.165, 1.54) is 24.0 Å². The van der Waals surface area contributed by atoms with E-state index in [2.05, 4.69) is 51.0 Å². The first-order valence-electron chi connectivity index (χ1n) is 6.62. The van der Waals surface area contributed by atoms with Crippen molar-refractivity contribution in [2.75, 3.05) is 0 Å². The average molecular weight is 245 g/mol.